The van der Waals surface area contributed by atoms with Gasteiger partial charge >= 0.3 is 0 Å². The van der Waals surface area contributed by atoms with Crippen LogP contribution in [-0.2, 0) is 18.4 Å². The number of aryl methyl sites for hydroxylation is 1. The number of hydrogen-bond donors (Lipinski definition) is 2. The van der Waals surface area contributed by atoms with Gasteiger partial charge in [-0.05, 0) is 42.4 Å². The second kappa shape index (κ2) is 8.41. The summed E-state index contributed by atoms with van der Waals surface area (Å²) in [5.74, 6) is 1.70. The Bertz CT molecular complexity index is 1140. The zero-order valence-corrected chi connectivity index (χ0v) is 20.3. The number of fused-ring (bicyclic) bond motifs is 3. The molecular weight excluding hydrogens is 412 g/mol. The van der Waals surface area contributed by atoms with Crippen molar-refractivity contribution in [3.05, 3.63) is 41.3 Å². The first-order chi connectivity index (χ1) is 15.9. The number of piperazine rings is 1. The van der Waals surface area contributed by atoms with Crippen molar-refractivity contribution in [2.45, 2.75) is 58.9 Å². The predicted molar refractivity (Wildman–Crippen MR) is 132 cm³/mol. The van der Waals surface area contributed by atoms with Crippen LogP contribution in [0.4, 0.5) is 17.5 Å². The molecule has 3 aromatic rings. The van der Waals surface area contributed by atoms with Crippen molar-refractivity contribution in [2.75, 3.05) is 36.4 Å². The molecular formula is C25H34N8. The fourth-order valence-electron chi connectivity index (χ4n) is 5.19. The average molecular weight is 447 g/mol. The van der Waals surface area contributed by atoms with E-state index in [-0.39, 0.29) is 5.41 Å². The molecule has 0 spiro atoms. The fraction of sp³-hybridized carbons (Fsp3) is 0.520. The van der Waals surface area contributed by atoms with Gasteiger partial charge < -0.3 is 15.5 Å². The summed E-state index contributed by atoms with van der Waals surface area (Å²) < 4.78 is 2.15. The Kier molecular flexibility index (Phi) is 5.56. The molecule has 0 saturated carbocycles. The van der Waals surface area contributed by atoms with Crippen LogP contribution in [0, 0.1) is 0 Å². The first-order valence-corrected chi connectivity index (χ1v) is 12.0. The summed E-state index contributed by atoms with van der Waals surface area (Å²) in [5.41, 5.74) is 6.88. The van der Waals surface area contributed by atoms with Crippen LogP contribution in [0.2, 0.25) is 0 Å². The topological polar surface area (TPSA) is 83.8 Å². The normalized spacial score (nSPS) is 17.1. The van der Waals surface area contributed by atoms with E-state index in [9.17, 15) is 0 Å². The Morgan fingerprint density at radius 3 is 2.55 bits per heavy atom. The highest BCUT2D eigenvalue weighted by atomic mass is 15.3. The van der Waals surface area contributed by atoms with Crippen LogP contribution >= 0.6 is 0 Å². The lowest BCUT2D eigenvalue weighted by Crippen LogP contribution is -2.43. The van der Waals surface area contributed by atoms with Gasteiger partial charge in [-0.25, -0.2) is 15.0 Å². The number of hydrogen-bond acceptors (Lipinski definition) is 7. The minimum atomic E-state index is -0.00494. The molecule has 0 atom stereocenters. The zero-order valence-electron chi connectivity index (χ0n) is 20.3. The number of nitrogens with zero attached hydrogens (tertiary/aromatic N) is 6. The maximum Gasteiger partial charge on any atom is 0.228 e. The van der Waals surface area contributed by atoms with Crippen LogP contribution in [0.1, 0.15) is 57.4 Å². The molecule has 1 aliphatic carbocycles. The Labute approximate surface area is 195 Å². The minimum absolute atomic E-state index is 0.00494. The summed E-state index contributed by atoms with van der Waals surface area (Å²) in [6.45, 7) is 16.1. The fourth-order valence-corrected chi connectivity index (χ4v) is 5.19. The molecule has 0 aromatic carbocycles. The smallest absolute Gasteiger partial charge is 0.228 e. The van der Waals surface area contributed by atoms with Crippen molar-refractivity contribution < 1.29 is 0 Å². The van der Waals surface area contributed by atoms with Crippen LogP contribution in [0.15, 0.2) is 24.5 Å². The molecule has 8 nitrogen and oxygen atoms in total. The maximum absolute atomic E-state index is 5.01. The van der Waals surface area contributed by atoms with Crippen LogP contribution in [0.25, 0.3) is 11.4 Å². The minimum Gasteiger partial charge on any atom is -0.368 e. The van der Waals surface area contributed by atoms with Crippen molar-refractivity contribution >= 4 is 17.5 Å². The van der Waals surface area contributed by atoms with E-state index in [1.807, 2.05) is 18.5 Å². The molecule has 4 heterocycles. The van der Waals surface area contributed by atoms with Crippen LogP contribution < -0.4 is 15.5 Å². The van der Waals surface area contributed by atoms with Gasteiger partial charge in [0.2, 0.25) is 5.95 Å². The van der Waals surface area contributed by atoms with Crippen LogP contribution in [0.5, 0.6) is 0 Å². The van der Waals surface area contributed by atoms with E-state index in [0.29, 0.717) is 11.9 Å². The quantitative estimate of drug-likeness (QED) is 0.616. The SMILES string of the molecule is CCn1nc2c(c1C(C)C)C(C)(C)Cc1cnc(Nc3ccc(N4CCNCC4)cn3)nc1-2. The first-order valence-electron chi connectivity index (χ1n) is 12.0. The third kappa shape index (κ3) is 3.97. The van der Waals surface area contributed by atoms with E-state index < -0.39 is 0 Å². The largest absolute Gasteiger partial charge is 0.368 e. The van der Waals surface area contributed by atoms with Gasteiger partial charge in [0, 0.05) is 50.2 Å². The van der Waals surface area contributed by atoms with Crippen LogP contribution in [-0.4, -0.2) is 50.9 Å². The van der Waals surface area contributed by atoms with Gasteiger partial charge in [-0.3, -0.25) is 4.68 Å². The standard InChI is InChI=1S/C25H34N8/c1-6-33-23(16(2)3)20-22(31-33)21-17(13-25(20,4)5)14-28-24(30-21)29-19-8-7-18(15-27-19)32-11-9-26-10-12-32/h7-8,14-16,26H,6,9-13H2,1-5H3,(H,27,28,29,30). The van der Waals surface area contributed by atoms with E-state index in [2.05, 4.69) is 70.9 Å². The molecule has 3 aromatic heterocycles. The summed E-state index contributed by atoms with van der Waals surface area (Å²) in [5, 5.41) is 11.7. The molecule has 0 radical (unpaired) electrons. The summed E-state index contributed by atoms with van der Waals surface area (Å²) >= 11 is 0. The van der Waals surface area contributed by atoms with Gasteiger partial charge in [0.15, 0.2) is 0 Å². The van der Waals surface area contributed by atoms with Crippen molar-refractivity contribution in [2.24, 2.45) is 0 Å². The van der Waals surface area contributed by atoms with Crippen molar-refractivity contribution in [1.82, 2.24) is 30.0 Å². The molecule has 2 aliphatic rings. The number of pyridine rings is 1. The second-order valence-corrected chi connectivity index (χ2v) is 9.97. The van der Waals surface area contributed by atoms with Gasteiger partial charge in [0.05, 0.1) is 17.6 Å². The third-order valence-electron chi connectivity index (χ3n) is 6.71. The Morgan fingerprint density at radius 1 is 1.09 bits per heavy atom. The molecule has 1 fully saturated rings. The molecule has 8 heteroatoms. The predicted octanol–water partition coefficient (Wildman–Crippen LogP) is 3.87. The second-order valence-electron chi connectivity index (χ2n) is 9.97. The molecule has 2 N–H and O–H groups in total. The van der Waals surface area contributed by atoms with Gasteiger partial charge in [0.1, 0.15) is 11.5 Å². The Balaban J connectivity index is 1.46. The lowest BCUT2D eigenvalue weighted by molar-refractivity contribution is 0.499. The van der Waals surface area contributed by atoms with Crippen molar-refractivity contribution in [3.8, 4) is 11.4 Å². The molecule has 174 valence electrons. The summed E-state index contributed by atoms with van der Waals surface area (Å²) in [4.78, 5) is 16.5. The lowest BCUT2D eigenvalue weighted by atomic mass is 9.72. The molecule has 5 rings (SSSR count). The van der Waals surface area contributed by atoms with Gasteiger partial charge in [-0.1, -0.05) is 27.7 Å². The maximum atomic E-state index is 5.01. The molecule has 0 unspecified atom stereocenters. The number of nitrogens with one attached hydrogen (secondary N) is 2. The molecule has 1 aliphatic heterocycles. The lowest BCUT2D eigenvalue weighted by Gasteiger charge is -2.32. The summed E-state index contributed by atoms with van der Waals surface area (Å²) in [6, 6.07) is 4.11. The van der Waals surface area contributed by atoms with E-state index >= 15 is 0 Å². The summed E-state index contributed by atoms with van der Waals surface area (Å²) in [6.07, 6.45) is 4.78. The van der Waals surface area contributed by atoms with Crippen molar-refractivity contribution in [1.29, 1.82) is 0 Å². The highest BCUT2D eigenvalue weighted by Gasteiger charge is 2.38. The monoisotopic (exact) mass is 446 g/mol. The average Bonchev–Trinajstić information content (AvgIpc) is 3.22. The molecule has 33 heavy (non-hydrogen) atoms. The van der Waals surface area contributed by atoms with Gasteiger partial charge in [-0.15, -0.1) is 0 Å². The third-order valence-corrected chi connectivity index (χ3v) is 6.71. The zero-order chi connectivity index (χ0) is 23.2. The van der Waals surface area contributed by atoms with E-state index in [1.54, 1.807) is 0 Å². The highest BCUT2D eigenvalue weighted by molar-refractivity contribution is 5.71. The van der Waals surface area contributed by atoms with Gasteiger partial charge in [-0.2, -0.15) is 5.10 Å². The Morgan fingerprint density at radius 2 is 1.88 bits per heavy atom. The van der Waals surface area contributed by atoms with E-state index in [0.717, 1.165) is 67.6 Å². The van der Waals surface area contributed by atoms with Crippen molar-refractivity contribution in [3.63, 3.8) is 0 Å². The first kappa shape index (κ1) is 21.8. The van der Waals surface area contributed by atoms with Crippen LogP contribution in [0.3, 0.4) is 0 Å². The number of aromatic nitrogens is 5. The van der Waals surface area contributed by atoms with Gasteiger partial charge in [0.25, 0.3) is 0 Å². The van der Waals surface area contributed by atoms with E-state index in [1.165, 1.54) is 11.3 Å². The Hall–Kier alpha value is -3.00. The molecule has 1 saturated heterocycles. The summed E-state index contributed by atoms with van der Waals surface area (Å²) in [7, 11) is 0. The number of anilines is 3. The van der Waals surface area contributed by atoms with E-state index in [4.69, 9.17) is 10.1 Å². The highest BCUT2D eigenvalue weighted by Crippen LogP contribution is 2.45. The molecule has 0 bridgehead atoms. The number of rotatable bonds is 5. The molecule has 0 amide bonds.